The molecule has 0 radical (unpaired) electrons. The predicted molar refractivity (Wildman–Crippen MR) is 55.9 cm³/mol. The fourth-order valence-electron chi connectivity index (χ4n) is 1.40. The van der Waals surface area contributed by atoms with Crippen LogP contribution in [-0.4, -0.2) is 6.54 Å². The van der Waals surface area contributed by atoms with Crippen molar-refractivity contribution in [1.29, 1.82) is 0 Å². The van der Waals surface area contributed by atoms with Crippen LogP contribution in [0.4, 0.5) is 0 Å². The van der Waals surface area contributed by atoms with Crippen molar-refractivity contribution in [1.82, 2.24) is 0 Å². The van der Waals surface area contributed by atoms with Crippen LogP contribution in [0.15, 0.2) is 6.07 Å². The van der Waals surface area contributed by atoms with E-state index < -0.39 is 0 Å². The van der Waals surface area contributed by atoms with Crippen molar-refractivity contribution in [3.8, 4) is 0 Å². The van der Waals surface area contributed by atoms with E-state index in [0.29, 0.717) is 5.92 Å². The van der Waals surface area contributed by atoms with E-state index in [1.165, 1.54) is 15.3 Å². The highest BCUT2D eigenvalue weighted by atomic mass is 32.1. The Morgan fingerprint density at radius 3 is 2.75 bits per heavy atom. The lowest BCUT2D eigenvalue weighted by Crippen LogP contribution is -2.09. The molecule has 0 saturated carbocycles. The standard InChI is InChI=1S/C10H17NS/c1-4-10-9(7(2)6-11)5-8(3)12-10/h5,7H,4,6,11H2,1-3H3. The van der Waals surface area contributed by atoms with Crippen molar-refractivity contribution in [2.24, 2.45) is 5.73 Å². The van der Waals surface area contributed by atoms with Gasteiger partial charge in [-0.3, -0.25) is 0 Å². The fourth-order valence-corrected chi connectivity index (χ4v) is 2.50. The minimum atomic E-state index is 0.518. The Kier molecular flexibility index (Phi) is 3.29. The molecule has 0 aliphatic carbocycles. The quantitative estimate of drug-likeness (QED) is 0.766. The van der Waals surface area contributed by atoms with Gasteiger partial charge in [-0.2, -0.15) is 0 Å². The molecule has 2 N–H and O–H groups in total. The number of hydrogen-bond donors (Lipinski definition) is 1. The van der Waals surface area contributed by atoms with Crippen molar-refractivity contribution < 1.29 is 0 Å². The van der Waals surface area contributed by atoms with Gasteiger partial charge in [0.1, 0.15) is 0 Å². The summed E-state index contributed by atoms with van der Waals surface area (Å²) in [5.74, 6) is 0.518. The molecule has 1 nitrogen and oxygen atoms in total. The molecule has 1 atom stereocenters. The van der Waals surface area contributed by atoms with Gasteiger partial charge in [-0.1, -0.05) is 13.8 Å². The normalized spacial score (nSPS) is 13.3. The Morgan fingerprint density at radius 2 is 2.25 bits per heavy atom. The summed E-state index contributed by atoms with van der Waals surface area (Å²) in [5.41, 5.74) is 7.10. The highest BCUT2D eigenvalue weighted by Crippen LogP contribution is 2.28. The molecule has 0 bridgehead atoms. The first-order valence-electron chi connectivity index (χ1n) is 4.48. The summed E-state index contributed by atoms with van der Waals surface area (Å²) in [6.45, 7) is 7.32. The van der Waals surface area contributed by atoms with Gasteiger partial charge in [0.15, 0.2) is 0 Å². The molecular formula is C10H17NS. The van der Waals surface area contributed by atoms with E-state index in [9.17, 15) is 0 Å². The van der Waals surface area contributed by atoms with Crippen LogP contribution in [0.25, 0.3) is 0 Å². The first-order chi connectivity index (χ1) is 5.69. The Bertz CT molecular complexity index is 252. The third-order valence-electron chi connectivity index (χ3n) is 2.17. The molecule has 1 aromatic heterocycles. The van der Waals surface area contributed by atoms with Gasteiger partial charge >= 0.3 is 0 Å². The number of rotatable bonds is 3. The molecule has 1 heterocycles. The molecule has 0 saturated heterocycles. The average Bonchev–Trinajstić information content (AvgIpc) is 2.45. The summed E-state index contributed by atoms with van der Waals surface area (Å²) in [7, 11) is 0. The minimum absolute atomic E-state index is 0.518. The maximum absolute atomic E-state index is 5.64. The van der Waals surface area contributed by atoms with Crippen molar-refractivity contribution in [2.45, 2.75) is 33.1 Å². The second-order valence-electron chi connectivity index (χ2n) is 3.23. The number of nitrogens with two attached hydrogens (primary N) is 1. The highest BCUT2D eigenvalue weighted by Gasteiger charge is 2.10. The second-order valence-corrected chi connectivity index (χ2v) is 4.57. The van der Waals surface area contributed by atoms with Crippen LogP contribution < -0.4 is 5.73 Å². The maximum atomic E-state index is 5.64. The third kappa shape index (κ3) is 1.87. The van der Waals surface area contributed by atoms with Crippen molar-refractivity contribution in [3.05, 3.63) is 21.4 Å². The molecule has 1 rings (SSSR count). The van der Waals surface area contributed by atoms with Crippen LogP contribution in [0.3, 0.4) is 0 Å². The SMILES string of the molecule is CCc1sc(C)cc1C(C)CN. The van der Waals surface area contributed by atoms with E-state index >= 15 is 0 Å². The highest BCUT2D eigenvalue weighted by molar-refractivity contribution is 7.12. The van der Waals surface area contributed by atoms with Gasteiger partial charge in [0.25, 0.3) is 0 Å². The monoisotopic (exact) mass is 183 g/mol. The summed E-state index contributed by atoms with van der Waals surface area (Å²) < 4.78 is 0. The topological polar surface area (TPSA) is 26.0 Å². The number of hydrogen-bond acceptors (Lipinski definition) is 2. The summed E-state index contributed by atoms with van der Waals surface area (Å²) in [5, 5.41) is 0. The lowest BCUT2D eigenvalue weighted by molar-refractivity contribution is 0.768. The van der Waals surface area contributed by atoms with E-state index in [1.54, 1.807) is 0 Å². The van der Waals surface area contributed by atoms with Gasteiger partial charge in [-0.25, -0.2) is 0 Å². The van der Waals surface area contributed by atoms with Gasteiger partial charge in [0, 0.05) is 9.75 Å². The molecule has 68 valence electrons. The van der Waals surface area contributed by atoms with Gasteiger partial charge in [-0.15, -0.1) is 11.3 Å². The fraction of sp³-hybridized carbons (Fsp3) is 0.600. The van der Waals surface area contributed by atoms with Gasteiger partial charge < -0.3 is 5.73 Å². The Morgan fingerprint density at radius 1 is 1.58 bits per heavy atom. The first-order valence-corrected chi connectivity index (χ1v) is 5.30. The van der Waals surface area contributed by atoms with Gasteiger partial charge in [0.2, 0.25) is 0 Å². The largest absolute Gasteiger partial charge is 0.330 e. The van der Waals surface area contributed by atoms with Crippen LogP contribution in [0.1, 0.15) is 35.1 Å². The molecule has 0 spiro atoms. The molecule has 0 amide bonds. The van der Waals surface area contributed by atoms with Crippen molar-refractivity contribution in [2.75, 3.05) is 6.54 Å². The molecule has 0 fully saturated rings. The smallest absolute Gasteiger partial charge is 0.00805 e. The summed E-state index contributed by atoms with van der Waals surface area (Å²) in [6, 6.07) is 2.28. The Balaban J connectivity index is 2.96. The van der Waals surface area contributed by atoms with Crippen molar-refractivity contribution in [3.63, 3.8) is 0 Å². The third-order valence-corrected chi connectivity index (χ3v) is 3.38. The second kappa shape index (κ2) is 4.06. The molecule has 2 heteroatoms. The van der Waals surface area contributed by atoms with Crippen LogP contribution in [0, 0.1) is 6.92 Å². The van der Waals surface area contributed by atoms with E-state index in [2.05, 4.69) is 26.8 Å². The molecular weight excluding hydrogens is 166 g/mol. The molecule has 0 aromatic carbocycles. The van der Waals surface area contributed by atoms with Crippen LogP contribution in [0.5, 0.6) is 0 Å². The molecule has 1 aromatic rings. The maximum Gasteiger partial charge on any atom is 0.00805 e. The van der Waals surface area contributed by atoms with Crippen LogP contribution in [0.2, 0.25) is 0 Å². The Labute approximate surface area is 78.6 Å². The zero-order chi connectivity index (χ0) is 9.14. The lowest BCUT2D eigenvalue weighted by atomic mass is 10.0. The van der Waals surface area contributed by atoms with E-state index in [-0.39, 0.29) is 0 Å². The summed E-state index contributed by atoms with van der Waals surface area (Å²) in [4.78, 5) is 2.91. The predicted octanol–water partition coefficient (Wildman–Crippen LogP) is 2.68. The summed E-state index contributed by atoms with van der Waals surface area (Å²) in [6.07, 6.45) is 1.14. The number of thiophene rings is 1. The zero-order valence-corrected chi connectivity index (χ0v) is 8.87. The zero-order valence-electron chi connectivity index (χ0n) is 8.05. The van der Waals surface area contributed by atoms with E-state index in [0.717, 1.165) is 13.0 Å². The van der Waals surface area contributed by atoms with Gasteiger partial charge in [-0.05, 0) is 37.4 Å². The van der Waals surface area contributed by atoms with E-state index in [1.807, 2.05) is 11.3 Å². The van der Waals surface area contributed by atoms with Crippen LogP contribution >= 0.6 is 11.3 Å². The first kappa shape index (κ1) is 9.75. The van der Waals surface area contributed by atoms with Crippen LogP contribution in [-0.2, 0) is 6.42 Å². The lowest BCUT2D eigenvalue weighted by Gasteiger charge is -2.07. The molecule has 0 aliphatic heterocycles. The molecule has 1 unspecified atom stereocenters. The molecule has 0 aliphatic rings. The Hall–Kier alpha value is -0.340. The average molecular weight is 183 g/mol. The number of aryl methyl sites for hydroxylation is 2. The van der Waals surface area contributed by atoms with E-state index in [4.69, 9.17) is 5.73 Å². The summed E-state index contributed by atoms with van der Waals surface area (Å²) >= 11 is 1.90. The minimum Gasteiger partial charge on any atom is -0.330 e. The van der Waals surface area contributed by atoms with Crippen molar-refractivity contribution >= 4 is 11.3 Å². The molecule has 12 heavy (non-hydrogen) atoms. The van der Waals surface area contributed by atoms with Gasteiger partial charge in [0.05, 0.1) is 0 Å².